The summed E-state index contributed by atoms with van der Waals surface area (Å²) in [4.78, 5) is 12.9. The van der Waals surface area contributed by atoms with Crippen molar-refractivity contribution in [2.45, 2.75) is 30.2 Å². The summed E-state index contributed by atoms with van der Waals surface area (Å²) >= 11 is 1.04. The molecule has 176 valence electrons. The number of nitrogens with zero attached hydrogens (tertiary/aromatic N) is 2. The lowest BCUT2D eigenvalue weighted by molar-refractivity contribution is -0.134. The predicted molar refractivity (Wildman–Crippen MR) is 120 cm³/mol. The van der Waals surface area contributed by atoms with Crippen molar-refractivity contribution in [1.82, 2.24) is 14.1 Å². The molecule has 0 unspecified atom stereocenters. The van der Waals surface area contributed by atoms with E-state index in [1.165, 1.54) is 11.5 Å². The molecule has 2 aromatic rings. The minimum Gasteiger partial charge on any atom is -0.491 e. The summed E-state index contributed by atoms with van der Waals surface area (Å²) in [5.41, 5.74) is 2.24. The van der Waals surface area contributed by atoms with Gasteiger partial charge in [-0.05, 0) is 55.8 Å². The van der Waals surface area contributed by atoms with Gasteiger partial charge in [0, 0.05) is 24.5 Å². The number of hydrogen-bond acceptors (Lipinski definition) is 8. The Balaban J connectivity index is 1.87. The van der Waals surface area contributed by atoms with Gasteiger partial charge in [0.2, 0.25) is 10.0 Å². The first-order valence-electron chi connectivity index (χ1n) is 9.71. The van der Waals surface area contributed by atoms with Crippen LogP contribution in [0, 0.1) is 0 Å². The highest BCUT2D eigenvalue weighted by atomic mass is 32.2. The summed E-state index contributed by atoms with van der Waals surface area (Å²) in [6.45, 7) is 3.14. The van der Waals surface area contributed by atoms with Crippen molar-refractivity contribution >= 4 is 37.3 Å². The number of thiophene rings is 1. The van der Waals surface area contributed by atoms with E-state index in [9.17, 15) is 21.6 Å². The van der Waals surface area contributed by atoms with Gasteiger partial charge in [-0.15, -0.1) is 11.3 Å². The van der Waals surface area contributed by atoms with Crippen molar-refractivity contribution in [3.8, 4) is 16.2 Å². The molecule has 0 saturated carbocycles. The number of hydrogen-bond donors (Lipinski definition) is 2. The average Bonchev–Trinajstić information content (AvgIpc) is 3.23. The summed E-state index contributed by atoms with van der Waals surface area (Å²) < 4.78 is 57.9. The molecule has 0 spiro atoms. The lowest BCUT2D eigenvalue weighted by Gasteiger charge is -2.37. The van der Waals surface area contributed by atoms with Gasteiger partial charge in [0.25, 0.3) is 15.9 Å². The van der Waals surface area contributed by atoms with E-state index in [-0.39, 0.29) is 29.9 Å². The number of piperazine rings is 1. The van der Waals surface area contributed by atoms with Crippen LogP contribution in [0.1, 0.15) is 13.8 Å². The summed E-state index contributed by atoms with van der Waals surface area (Å²) in [7, 11) is -7.75. The summed E-state index contributed by atoms with van der Waals surface area (Å²) in [5.74, 6) is -0.297. The number of sulfonamides is 2. The van der Waals surface area contributed by atoms with Crippen LogP contribution in [0.2, 0.25) is 0 Å². The zero-order chi connectivity index (χ0) is 23.7. The second kappa shape index (κ2) is 9.45. The highest BCUT2D eigenvalue weighted by Gasteiger charge is 2.42. The van der Waals surface area contributed by atoms with E-state index in [2.05, 4.69) is 0 Å². The molecule has 0 radical (unpaired) electrons. The molecule has 1 aromatic carbocycles. The van der Waals surface area contributed by atoms with Crippen molar-refractivity contribution in [3.63, 3.8) is 0 Å². The van der Waals surface area contributed by atoms with Crippen LogP contribution < -0.4 is 10.2 Å². The molecule has 1 aliphatic heterocycles. The van der Waals surface area contributed by atoms with Gasteiger partial charge in [0.1, 0.15) is 16.0 Å². The highest BCUT2D eigenvalue weighted by Crippen LogP contribution is 2.34. The van der Waals surface area contributed by atoms with Crippen LogP contribution in [0.15, 0.2) is 40.6 Å². The smallest absolute Gasteiger partial charge is 0.263 e. The molecule has 1 atom stereocenters. The number of rotatable bonds is 7. The fraction of sp³-hybridized carbons (Fsp3) is 0.421. The first-order valence-corrected chi connectivity index (χ1v) is 13.8. The lowest BCUT2D eigenvalue weighted by Crippen LogP contribution is -2.60. The minimum atomic E-state index is -4.11. The minimum absolute atomic E-state index is 0.0125. The number of hydroxylamine groups is 1. The standard InChI is InChI=1S/C19H25N3O7S3/c1-13(2)29-15-6-4-14(5-7-15)17-8-9-18(30-17)32(27,28)22-11-10-21(31(3,25)26)12-16(22)19(23)20-24/h4-9,13,16,24H,10-12H2,1-3H3,(H,20,23)/t16-/m1/s1. The van der Waals surface area contributed by atoms with Crippen molar-refractivity contribution in [2.24, 2.45) is 0 Å². The third-order valence-corrected chi connectivity index (χ3v) is 9.61. The maximum Gasteiger partial charge on any atom is 0.263 e. The molecular formula is C19H25N3O7S3. The molecule has 1 aliphatic rings. The van der Waals surface area contributed by atoms with E-state index in [4.69, 9.17) is 9.94 Å². The molecule has 10 nitrogen and oxygen atoms in total. The Bertz CT molecular complexity index is 1180. The van der Waals surface area contributed by atoms with Crippen molar-refractivity contribution in [3.05, 3.63) is 36.4 Å². The quantitative estimate of drug-likeness (QED) is 0.430. The number of benzene rings is 1. The second-order valence-electron chi connectivity index (χ2n) is 7.54. The monoisotopic (exact) mass is 503 g/mol. The zero-order valence-corrected chi connectivity index (χ0v) is 20.2. The van der Waals surface area contributed by atoms with Gasteiger partial charge in [-0.1, -0.05) is 0 Å². The molecule has 13 heteroatoms. The van der Waals surface area contributed by atoms with Gasteiger partial charge < -0.3 is 4.74 Å². The van der Waals surface area contributed by atoms with Gasteiger partial charge in [-0.2, -0.15) is 8.61 Å². The molecule has 2 N–H and O–H groups in total. The largest absolute Gasteiger partial charge is 0.491 e. The summed E-state index contributed by atoms with van der Waals surface area (Å²) in [5, 5.41) is 9.06. The summed E-state index contributed by atoms with van der Waals surface area (Å²) in [6.07, 6.45) is 1.01. The predicted octanol–water partition coefficient (Wildman–Crippen LogP) is 1.34. The topological polar surface area (TPSA) is 133 Å². The average molecular weight is 504 g/mol. The van der Waals surface area contributed by atoms with Crippen LogP contribution in [0.5, 0.6) is 5.75 Å². The van der Waals surface area contributed by atoms with E-state index < -0.39 is 32.0 Å². The van der Waals surface area contributed by atoms with Crippen molar-refractivity contribution < 1.29 is 31.6 Å². The second-order valence-corrected chi connectivity index (χ2v) is 12.7. The Hall–Kier alpha value is -2.03. The van der Waals surface area contributed by atoms with Crippen molar-refractivity contribution in [1.29, 1.82) is 0 Å². The van der Waals surface area contributed by atoms with E-state index in [1.54, 1.807) is 18.2 Å². The molecule has 1 saturated heterocycles. The Labute approximate surface area is 191 Å². The third kappa shape index (κ3) is 5.30. The van der Waals surface area contributed by atoms with E-state index >= 15 is 0 Å². The molecule has 0 aliphatic carbocycles. The Morgan fingerprint density at radius 1 is 1.12 bits per heavy atom. The lowest BCUT2D eigenvalue weighted by atomic mass is 10.2. The maximum atomic E-state index is 13.3. The number of ether oxygens (including phenoxy) is 1. The Morgan fingerprint density at radius 2 is 1.78 bits per heavy atom. The van der Waals surface area contributed by atoms with Gasteiger partial charge in [-0.3, -0.25) is 10.0 Å². The van der Waals surface area contributed by atoms with Crippen LogP contribution in [0.4, 0.5) is 0 Å². The van der Waals surface area contributed by atoms with Gasteiger partial charge in [-0.25, -0.2) is 22.3 Å². The first-order chi connectivity index (χ1) is 14.9. The Kier molecular flexibility index (Phi) is 7.27. The van der Waals surface area contributed by atoms with Gasteiger partial charge in [0.15, 0.2) is 0 Å². The number of carbonyl (C=O) groups excluding carboxylic acids is 1. The number of carbonyl (C=O) groups is 1. The molecular weight excluding hydrogens is 478 g/mol. The van der Waals surface area contributed by atoms with Gasteiger partial charge in [0.05, 0.1) is 12.4 Å². The molecule has 32 heavy (non-hydrogen) atoms. The fourth-order valence-electron chi connectivity index (χ4n) is 3.32. The molecule has 1 aromatic heterocycles. The summed E-state index contributed by atoms with van der Waals surface area (Å²) in [6, 6.07) is 8.98. The van der Waals surface area contributed by atoms with Crippen LogP contribution in [0.3, 0.4) is 0 Å². The number of nitrogens with one attached hydrogen (secondary N) is 1. The molecule has 0 bridgehead atoms. The SMILES string of the molecule is CC(C)Oc1ccc(-c2ccc(S(=O)(=O)N3CCN(S(C)(=O)=O)C[C@@H]3C(=O)NO)s2)cc1. The van der Waals surface area contributed by atoms with E-state index in [0.717, 1.165) is 31.8 Å². The maximum absolute atomic E-state index is 13.3. The molecule has 2 heterocycles. The van der Waals surface area contributed by atoms with E-state index in [1.807, 2.05) is 26.0 Å². The van der Waals surface area contributed by atoms with Crippen LogP contribution in [0.25, 0.3) is 10.4 Å². The highest BCUT2D eigenvalue weighted by molar-refractivity contribution is 7.91. The van der Waals surface area contributed by atoms with Crippen molar-refractivity contribution in [2.75, 3.05) is 25.9 Å². The van der Waals surface area contributed by atoms with E-state index in [0.29, 0.717) is 10.6 Å². The Morgan fingerprint density at radius 3 is 2.34 bits per heavy atom. The van der Waals surface area contributed by atoms with Crippen LogP contribution in [-0.2, 0) is 24.8 Å². The molecule has 3 rings (SSSR count). The normalized spacial score (nSPS) is 18.6. The molecule has 1 fully saturated rings. The van der Waals surface area contributed by atoms with Crippen LogP contribution in [-0.4, -0.2) is 74.6 Å². The zero-order valence-electron chi connectivity index (χ0n) is 17.8. The van der Waals surface area contributed by atoms with Gasteiger partial charge >= 0.3 is 0 Å². The number of amides is 1. The fourth-order valence-corrected chi connectivity index (χ4v) is 7.15. The molecule has 1 amide bonds. The van der Waals surface area contributed by atoms with Crippen LogP contribution >= 0.6 is 11.3 Å². The first kappa shape index (κ1) is 24.6. The third-order valence-electron chi connectivity index (χ3n) is 4.83.